The second-order valence-corrected chi connectivity index (χ2v) is 16.8. The van der Waals surface area contributed by atoms with Gasteiger partial charge in [0.05, 0.1) is 0 Å². The maximum Gasteiger partial charge on any atom is 0.306 e. The van der Waals surface area contributed by atoms with Gasteiger partial charge in [-0.2, -0.15) is 0 Å². The van der Waals surface area contributed by atoms with Gasteiger partial charge < -0.3 is 14.2 Å². The molecule has 0 N–H and O–H groups in total. The number of hydrogen-bond donors (Lipinski definition) is 0. The Balaban J connectivity index is 4.35. The molecule has 2 atom stereocenters. The number of carbonyl (C=O) groups excluding carboxylic acids is 3. The molecule has 0 saturated carbocycles. The van der Waals surface area contributed by atoms with Crippen LogP contribution in [0.3, 0.4) is 0 Å². The van der Waals surface area contributed by atoms with E-state index in [0.717, 1.165) is 69.6 Å². The van der Waals surface area contributed by atoms with Crippen LogP contribution in [0.15, 0.2) is 0 Å². The van der Waals surface area contributed by atoms with E-state index in [9.17, 15) is 14.4 Å². The van der Waals surface area contributed by atoms with Crippen LogP contribution in [-0.2, 0) is 28.6 Å². The molecule has 0 bridgehead atoms. The third-order valence-electron chi connectivity index (χ3n) is 10.8. The molecule has 0 aromatic heterocycles. The number of rotatable bonds is 41. The normalized spacial score (nSPS) is 12.6. The average Bonchev–Trinajstić information content (AvgIpc) is 3.14. The number of unbranched alkanes of at least 4 members (excludes halogenated alkanes) is 25. The summed E-state index contributed by atoms with van der Waals surface area (Å²) in [5.41, 5.74) is 0. The van der Waals surface area contributed by atoms with E-state index in [-0.39, 0.29) is 31.1 Å². The van der Waals surface area contributed by atoms with Crippen LogP contribution in [0.25, 0.3) is 0 Å². The molecule has 6 heteroatoms. The van der Waals surface area contributed by atoms with Crippen LogP contribution < -0.4 is 0 Å². The number of hydrogen-bond acceptors (Lipinski definition) is 6. The predicted octanol–water partition coefficient (Wildman–Crippen LogP) is 14.6. The average molecular weight is 751 g/mol. The first-order valence-electron chi connectivity index (χ1n) is 23.3. The lowest BCUT2D eigenvalue weighted by molar-refractivity contribution is -0.167. The van der Waals surface area contributed by atoms with E-state index in [4.69, 9.17) is 14.2 Å². The van der Waals surface area contributed by atoms with Crippen molar-refractivity contribution >= 4 is 17.9 Å². The Hall–Kier alpha value is -1.59. The SMILES string of the molecule is CCCCCCCCCCCCCCC(=O)OC[C@@H](COC(=O)CCCCCCCCCCC(C)C)OC(=O)CCCCCCCCCCC(C)CC. The third kappa shape index (κ3) is 39.9. The highest BCUT2D eigenvalue weighted by molar-refractivity contribution is 5.71. The van der Waals surface area contributed by atoms with Crippen LogP contribution in [0.4, 0.5) is 0 Å². The molecule has 0 amide bonds. The van der Waals surface area contributed by atoms with Gasteiger partial charge >= 0.3 is 17.9 Å². The lowest BCUT2D eigenvalue weighted by atomic mass is 9.99. The van der Waals surface area contributed by atoms with Gasteiger partial charge in [-0.1, -0.05) is 214 Å². The smallest absolute Gasteiger partial charge is 0.306 e. The molecule has 6 nitrogen and oxygen atoms in total. The van der Waals surface area contributed by atoms with Gasteiger partial charge in [0.1, 0.15) is 13.2 Å². The maximum absolute atomic E-state index is 12.7. The number of carbonyl (C=O) groups is 3. The second-order valence-electron chi connectivity index (χ2n) is 16.8. The van der Waals surface area contributed by atoms with Crippen molar-refractivity contribution in [3.63, 3.8) is 0 Å². The fourth-order valence-corrected chi connectivity index (χ4v) is 6.90. The van der Waals surface area contributed by atoms with Crippen LogP contribution >= 0.6 is 0 Å². The Morgan fingerprint density at radius 2 is 0.717 bits per heavy atom. The standard InChI is InChI=1S/C47H90O6/c1-6-8-9-10-11-12-13-14-15-22-27-32-37-45(48)51-40-44(41-52-46(49)38-33-28-23-18-16-20-25-30-35-42(3)4)53-47(50)39-34-29-24-19-17-21-26-31-36-43(5)7-2/h42-44H,6-41H2,1-5H3/t43?,44-/m0/s1. The Bertz CT molecular complexity index is 811. The molecule has 0 aliphatic carbocycles. The van der Waals surface area contributed by atoms with Crippen molar-refractivity contribution in [3.8, 4) is 0 Å². The monoisotopic (exact) mass is 751 g/mol. The summed E-state index contributed by atoms with van der Waals surface area (Å²) in [6, 6.07) is 0. The second kappa shape index (κ2) is 40.1. The van der Waals surface area contributed by atoms with Crippen LogP contribution in [0.5, 0.6) is 0 Å². The quantitative estimate of drug-likeness (QED) is 0.0352. The fourth-order valence-electron chi connectivity index (χ4n) is 6.90. The van der Waals surface area contributed by atoms with Crippen molar-refractivity contribution in [2.45, 2.75) is 259 Å². The fraction of sp³-hybridized carbons (Fsp3) is 0.936. The predicted molar refractivity (Wildman–Crippen MR) is 224 cm³/mol. The van der Waals surface area contributed by atoms with Crippen molar-refractivity contribution in [2.24, 2.45) is 11.8 Å². The summed E-state index contributed by atoms with van der Waals surface area (Å²) in [4.78, 5) is 37.7. The number of ether oxygens (including phenoxy) is 3. The maximum atomic E-state index is 12.7. The van der Waals surface area contributed by atoms with Gasteiger partial charge in [0, 0.05) is 19.3 Å². The first kappa shape index (κ1) is 51.4. The van der Waals surface area contributed by atoms with Crippen molar-refractivity contribution in [1.82, 2.24) is 0 Å². The van der Waals surface area contributed by atoms with E-state index in [1.54, 1.807) is 0 Å². The molecule has 53 heavy (non-hydrogen) atoms. The van der Waals surface area contributed by atoms with E-state index in [2.05, 4.69) is 34.6 Å². The van der Waals surface area contributed by atoms with Gasteiger partial charge in [0.15, 0.2) is 6.10 Å². The molecule has 0 saturated heterocycles. The zero-order valence-corrected chi connectivity index (χ0v) is 36.1. The molecule has 1 unspecified atom stereocenters. The zero-order valence-electron chi connectivity index (χ0n) is 36.1. The van der Waals surface area contributed by atoms with Gasteiger partial charge in [0.25, 0.3) is 0 Å². The number of esters is 3. The molecular formula is C47H90O6. The van der Waals surface area contributed by atoms with Crippen molar-refractivity contribution in [3.05, 3.63) is 0 Å². The molecule has 0 aromatic carbocycles. The highest BCUT2D eigenvalue weighted by Gasteiger charge is 2.19. The molecule has 0 aromatic rings. The molecule has 0 rings (SSSR count). The summed E-state index contributed by atoms with van der Waals surface area (Å²) in [5.74, 6) is 0.782. The van der Waals surface area contributed by atoms with Crippen molar-refractivity contribution in [2.75, 3.05) is 13.2 Å². The molecule has 0 spiro atoms. The summed E-state index contributed by atoms with van der Waals surface area (Å²) < 4.78 is 16.7. The van der Waals surface area contributed by atoms with Crippen LogP contribution in [0.1, 0.15) is 253 Å². The lowest BCUT2D eigenvalue weighted by Gasteiger charge is -2.18. The minimum absolute atomic E-state index is 0.0652. The van der Waals surface area contributed by atoms with Crippen molar-refractivity contribution < 1.29 is 28.6 Å². The van der Waals surface area contributed by atoms with Crippen LogP contribution in [-0.4, -0.2) is 37.2 Å². The summed E-state index contributed by atoms with van der Waals surface area (Å²) >= 11 is 0. The van der Waals surface area contributed by atoms with E-state index >= 15 is 0 Å². The molecule has 0 radical (unpaired) electrons. The van der Waals surface area contributed by atoms with E-state index in [1.165, 1.54) is 141 Å². The summed E-state index contributed by atoms with van der Waals surface area (Å²) in [6.45, 7) is 11.3. The Morgan fingerprint density at radius 1 is 0.396 bits per heavy atom. The topological polar surface area (TPSA) is 78.9 Å². The van der Waals surface area contributed by atoms with Gasteiger partial charge in [0.2, 0.25) is 0 Å². The summed E-state index contributed by atoms with van der Waals surface area (Å²) in [6.07, 6.45) is 38.0. The molecule has 0 aliphatic heterocycles. The van der Waals surface area contributed by atoms with Gasteiger partial charge in [-0.25, -0.2) is 0 Å². The molecular weight excluding hydrogens is 661 g/mol. The molecule has 0 fully saturated rings. The van der Waals surface area contributed by atoms with Gasteiger partial charge in [-0.15, -0.1) is 0 Å². The zero-order chi connectivity index (χ0) is 39.0. The third-order valence-corrected chi connectivity index (χ3v) is 10.8. The molecule has 0 aliphatic rings. The van der Waals surface area contributed by atoms with Gasteiger partial charge in [-0.3, -0.25) is 14.4 Å². The Kier molecular flexibility index (Phi) is 38.9. The van der Waals surface area contributed by atoms with Crippen LogP contribution in [0, 0.1) is 11.8 Å². The van der Waals surface area contributed by atoms with E-state index in [1.807, 2.05) is 0 Å². The summed E-state index contributed by atoms with van der Waals surface area (Å²) in [7, 11) is 0. The minimum Gasteiger partial charge on any atom is -0.462 e. The highest BCUT2D eigenvalue weighted by Crippen LogP contribution is 2.17. The van der Waals surface area contributed by atoms with E-state index < -0.39 is 6.10 Å². The van der Waals surface area contributed by atoms with E-state index in [0.29, 0.717) is 19.3 Å². The first-order chi connectivity index (χ1) is 25.8. The largest absolute Gasteiger partial charge is 0.462 e. The first-order valence-corrected chi connectivity index (χ1v) is 23.3. The summed E-state index contributed by atoms with van der Waals surface area (Å²) in [5, 5.41) is 0. The molecule has 314 valence electrons. The lowest BCUT2D eigenvalue weighted by Crippen LogP contribution is -2.30. The van der Waals surface area contributed by atoms with Gasteiger partial charge in [-0.05, 0) is 31.1 Å². The molecule has 0 heterocycles. The van der Waals surface area contributed by atoms with Crippen LogP contribution in [0.2, 0.25) is 0 Å². The highest BCUT2D eigenvalue weighted by atomic mass is 16.6. The Morgan fingerprint density at radius 3 is 1.08 bits per heavy atom. The van der Waals surface area contributed by atoms with Crippen molar-refractivity contribution in [1.29, 1.82) is 0 Å². The minimum atomic E-state index is -0.761. The Labute approximate surface area is 329 Å².